The Balaban J connectivity index is 1.59. The van der Waals surface area contributed by atoms with E-state index in [2.05, 4.69) is 10.3 Å². The Morgan fingerprint density at radius 3 is 2.25 bits per heavy atom. The number of hydrogen-bond acceptors (Lipinski definition) is 6. The van der Waals surface area contributed by atoms with Crippen molar-refractivity contribution in [1.29, 1.82) is 0 Å². The number of halogens is 1. The number of fused-ring (bicyclic) bond motifs is 1. The van der Waals surface area contributed by atoms with Gasteiger partial charge in [0.15, 0.2) is 0 Å². The molecule has 0 saturated heterocycles. The molecule has 0 radical (unpaired) electrons. The number of para-hydroxylation sites is 1. The van der Waals surface area contributed by atoms with Gasteiger partial charge in [-0.1, -0.05) is 29.8 Å². The zero-order chi connectivity index (χ0) is 29.1. The van der Waals surface area contributed by atoms with Gasteiger partial charge in [-0.05, 0) is 96.0 Å². The first-order valence-corrected chi connectivity index (χ1v) is 13.5. The van der Waals surface area contributed by atoms with Gasteiger partial charge in [0, 0.05) is 41.4 Å². The zero-order valence-corrected chi connectivity index (χ0v) is 24.5. The third-order valence-electron chi connectivity index (χ3n) is 5.80. The van der Waals surface area contributed by atoms with Gasteiger partial charge in [0.05, 0.1) is 5.52 Å². The van der Waals surface area contributed by atoms with Crippen LogP contribution in [-0.2, 0) is 15.9 Å². The van der Waals surface area contributed by atoms with E-state index >= 15 is 0 Å². The number of anilines is 3. The fraction of sp³-hybridized carbons (Fsp3) is 0.323. The molecular weight excluding hydrogens is 528 g/mol. The molecule has 0 fully saturated rings. The summed E-state index contributed by atoms with van der Waals surface area (Å²) < 4.78 is 12.9. The molecule has 9 heteroatoms. The number of nitrogens with zero attached hydrogens (tertiary/aromatic N) is 3. The van der Waals surface area contributed by atoms with Gasteiger partial charge in [-0.25, -0.2) is 14.6 Å². The first-order valence-electron chi connectivity index (χ1n) is 13.1. The van der Waals surface area contributed by atoms with Crippen LogP contribution in [0.25, 0.3) is 10.9 Å². The monoisotopic (exact) mass is 562 g/mol. The van der Waals surface area contributed by atoms with Gasteiger partial charge in [-0.2, -0.15) is 0 Å². The molecule has 40 heavy (non-hydrogen) atoms. The van der Waals surface area contributed by atoms with E-state index in [0.717, 1.165) is 27.8 Å². The fourth-order valence-electron chi connectivity index (χ4n) is 4.16. The number of carbonyl (C=O) groups is 2. The molecule has 0 aliphatic heterocycles. The van der Waals surface area contributed by atoms with E-state index in [0.29, 0.717) is 23.8 Å². The Morgan fingerprint density at radius 1 is 0.925 bits per heavy atom. The van der Waals surface area contributed by atoms with Crippen LogP contribution in [0.3, 0.4) is 0 Å². The number of amides is 1. The van der Waals surface area contributed by atoms with Crippen molar-refractivity contribution in [2.24, 2.45) is 0 Å². The molecule has 1 N–H and O–H groups in total. The fourth-order valence-corrected chi connectivity index (χ4v) is 4.33. The molecule has 4 rings (SSSR count). The second-order valence-corrected chi connectivity index (χ2v) is 11.8. The van der Waals surface area contributed by atoms with Gasteiger partial charge in [-0.3, -0.25) is 9.47 Å². The molecule has 0 unspecified atom stereocenters. The summed E-state index contributed by atoms with van der Waals surface area (Å²) in [7, 11) is 0. The van der Waals surface area contributed by atoms with E-state index in [-0.39, 0.29) is 0 Å². The largest absolute Gasteiger partial charge is 0.443 e. The molecule has 4 aromatic rings. The molecule has 2 aromatic heterocycles. The minimum absolute atomic E-state index is 0.337. The standard InChI is InChI=1S/C31H35ClN4O4/c1-30(2,3)39-28(37)35(24-13-11-22(12-14-24)34-23-15-17-33-27(32)19-23)18-16-21-20-36(29(38)40-31(4,5)6)26-10-8-7-9-25(21)26/h7-15,17,19-20H,16,18H2,1-6H3,(H,33,34). The average molecular weight is 563 g/mol. The summed E-state index contributed by atoms with van der Waals surface area (Å²) in [6, 6.07) is 18.7. The lowest BCUT2D eigenvalue weighted by Gasteiger charge is -2.27. The summed E-state index contributed by atoms with van der Waals surface area (Å²) in [6.45, 7) is 11.4. The minimum Gasteiger partial charge on any atom is -0.443 e. The van der Waals surface area contributed by atoms with E-state index in [9.17, 15) is 9.59 Å². The van der Waals surface area contributed by atoms with Crippen LogP contribution in [0, 0.1) is 0 Å². The van der Waals surface area contributed by atoms with Crippen LogP contribution >= 0.6 is 11.6 Å². The van der Waals surface area contributed by atoms with Crippen molar-refractivity contribution in [1.82, 2.24) is 9.55 Å². The molecule has 8 nitrogen and oxygen atoms in total. The minimum atomic E-state index is -0.663. The van der Waals surface area contributed by atoms with Crippen molar-refractivity contribution >= 4 is 51.8 Å². The van der Waals surface area contributed by atoms with Gasteiger partial charge in [0.25, 0.3) is 0 Å². The number of benzene rings is 2. The van der Waals surface area contributed by atoms with Gasteiger partial charge in [0.2, 0.25) is 0 Å². The Morgan fingerprint density at radius 2 is 1.60 bits per heavy atom. The number of carbonyl (C=O) groups excluding carboxylic acids is 2. The van der Waals surface area contributed by atoms with Crippen LogP contribution < -0.4 is 10.2 Å². The van der Waals surface area contributed by atoms with Crippen molar-refractivity contribution < 1.29 is 19.1 Å². The zero-order valence-electron chi connectivity index (χ0n) is 23.7. The van der Waals surface area contributed by atoms with Crippen molar-refractivity contribution in [3.8, 4) is 0 Å². The maximum atomic E-state index is 13.3. The first kappa shape index (κ1) is 29.0. The predicted octanol–water partition coefficient (Wildman–Crippen LogP) is 8.20. The SMILES string of the molecule is CC(C)(C)OC(=O)N(CCc1cn(C(=O)OC(C)(C)C)c2ccccc12)c1ccc(Nc2ccnc(Cl)c2)cc1. The summed E-state index contributed by atoms with van der Waals surface area (Å²) in [4.78, 5) is 31.9. The summed E-state index contributed by atoms with van der Waals surface area (Å²) in [6.07, 6.45) is 3.01. The Bertz CT molecular complexity index is 1500. The third kappa shape index (κ3) is 7.54. The number of rotatable bonds is 6. The molecule has 0 aliphatic carbocycles. The Hall–Kier alpha value is -4.04. The lowest BCUT2D eigenvalue weighted by atomic mass is 10.1. The molecule has 0 spiro atoms. The average Bonchev–Trinajstić information content (AvgIpc) is 3.22. The third-order valence-corrected chi connectivity index (χ3v) is 6.00. The molecule has 0 aliphatic rings. The second-order valence-electron chi connectivity index (χ2n) is 11.4. The van der Waals surface area contributed by atoms with Crippen LogP contribution in [0.4, 0.5) is 26.7 Å². The highest BCUT2D eigenvalue weighted by Gasteiger charge is 2.25. The van der Waals surface area contributed by atoms with Gasteiger partial charge in [-0.15, -0.1) is 0 Å². The lowest BCUT2D eigenvalue weighted by Crippen LogP contribution is -2.38. The van der Waals surface area contributed by atoms with Crippen molar-refractivity contribution in [3.05, 3.63) is 83.8 Å². The van der Waals surface area contributed by atoms with Gasteiger partial charge in [0.1, 0.15) is 16.4 Å². The topological polar surface area (TPSA) is 85.7 Å². The summed E-state index contributed by atoms with van der Waals surface area (Å²) >= 11 is 6.00. The normalized spacial score (nSPS) is 11.8. The number of aromatic nitrogens is 2. The highest BCUT2D eigenvalue weighted by molar-refractivity contribution is 6.29. The highest BCUT2D eigenvalue weighted by atomic mass is 35.5. The quantitative estimate of drug-likeness (QED) is 0.238. The molecule has 1 amide bonds. The van der Waals surface area contributed by atoms with E-state index in [4.69, 9.17) is 21.1 Å². The number of pyridine rings is 1. The number of ether oxygens (including phenoxy) is 2. The number of nitrogens with one attached hydrogen (secondary N) is 1. The lowest BCUT2D eigenvalue weighted by molar-refractivity contribution is 0.0540. The highest BCUT2D eigenvalue weighted by Crippen LogP contribution is 2.27. The molecule has 0 atom stereocenters. The van der Waals surface area contributed by atoms with Crippen LogP contribution in [0.5, 0.6) is 0 Å². The van der Waals surface area contributed by atoms with Crippen LogP contribution in [0.1, 0.15) is 47.1 Å². The maximum absolute atomic E-state index is 13.3. The van der Waals surface area contributed by atoms with Gasteiger partial charge < -0.3 is 14.8 Å². The smallest absolute Gasteiger partial charge is 0.419 e. The predicted molar refractivity (Wildman–Crippen MR) is 160 cm³/mol. The van der Waals surface area contributed by atoms with E-state index < -0.39 is 23.4 Å². The summed E-state index contributed by atoms with van der Waals surface area (Å²) in [5.41, 5.74) is 2.70. The number of hydrogen-bond donors (Lipinski definition) is 1. The van der Waals surface area contributed by atoms with E-state index in [1.807, 2.05) is 96.1 Å². The van der Waals surface area contributed by atoms with Crippen molar-refractivity contribution in [2.75, 3.05) is 16.8 Å². The van der Waals surface area contributed by atoms with Crippen LogP contribution in [0.15, 0.2) is 73.1 Å². The van der Waals surface area contributed by atoms with E-state index in [1.165, 1.54) is 4.57 Å². The second kappa shape index (κ2) is 11.6. The Labute approximate surface area is 239 Å². The van der Waals surface area contributed by atoms with Crippen molar-refractivity contribution in [2.45, 2.75) is 59.2 Å². The Kier molecular flexibility index (Phi) is 8.40. The van der Waals surface area contributed by atoms with E-state index in [1.54, 1.807) is 23.4 Å². The molecule has 0 bridgehead atoms. The maximum Gasteiger partial charge on any atom is 0.419 e. The first-order chi connectivity index (χ1) is 18.8. The summed E-state index contributed by atoms with van der Waals surface area (Å²) in [5, 5.41) is 4.60. The molecule has 0 saturated carbocycles. The molecule has 2 aromatic carbocycles. The van der Waals surface area contributed by atoms with Gasteiger partial charge >= 0.3 is 12.2 Å². The molecule has 210 valence electrons. The van der Waals surface area contributed by atoms with Crippen LogP contribution in [-0.4, -0.2) is 39.5 Å². The van der Waals surface area contributed by atoms with Crippen LogP contribution in [0.2, 0.25) is 5.15 Å². The summed E-state index contributed by atoms with van der Waals surface area (Å²) in [5.74, 6) is 0. The molecule has 2 heterocycles. The molecular formula is C31H35ClN4O4. The van der Waals surface area contributed by atoms with Crippen molar-refractivity contribution in [3.63, 3.8) is 0 Å².